The SMILES string of the molecule is Cc1ccc(CN(Cc2ccc(F)cc2)C(=O)CN(CCN2CCOCC2)C(=O)c2ccccc2Cl)s1. The molecule has 1 aromatic heterocycles. The van der Waals surface area contributed by atoms with Crippen molar-refractivity contribution in [3.8, 4) is 0 Å². The molecule has 0 spiro atoms. The van der Waals surface area contributed by atoms with Crippen LogP contribution in [0.4, 0.5) is 4.39 Å². The lowest BCUT2D eigenvalue weighted by atomic mass is 10.1. The second-order valence-corrected chi connectivity index (χ2v) is 10.8. The molecule has 9 heteroatoms. The lowest BCUT2D eigenvalue weighted by Crippen LogP contribution is -2.47. The van der Waals surface area contributed by atoms with Crippen molar-refractivity contribution in [2.45, 2.75) is 20.0 Å². The summed E-state index contributed by atoms with van der Waals surface area (Å²) in [6.07, 6.45) is 0. The number of morpholine rings is 1. The summed E-state index contributed by atoms with van der Waals surface area (Å²) in [7, 11) is 0. The van der Waals surface area contributed by atoms with Crippen molar-refractivity contribution >= 4 is 34.8 Å². The second-order valence-electron chi connectivity index (χ2n) is 9.05. The number of hydrogen-bond acceptors (Lipinski definition) is 5. The maximum Gasteiger partial charge on any atom is 0.255 e. The molecule has 4 rings (SSSR count). The molecular formula is C28H31ClFN3O3S. The topological polar surface area (TPSA) is 53.1 Å². The Kier molecular flexibility index (Phi) is 9.68. The first-order chi connectivity index (χ1) is 17.9. The van der Waals surface area contributed by atoms with Crippen LogP contribution in [0.15, 0.2) is 60.7 Å². The predicted octanol–water partition coefficient (Wildman–Crippen LogP) is 4.85. The third-order valence-electron chi connectivity index (χ3n) is 6.29. The zero-order valence-electron chi connectivity index (χ0n) is 20.9. The van der Waals surface area contributed by atoms with E-state index in [0.29, 0.717) is 50.0 Å². The van der Waals surface area contributed by atoms with E-state index < -0.39 is 0 Å². The van der Waals surface area contributed by atoms with Gasteiger partial charge >= 0.3 is 0 Å². The maximum atomic E-state index is 13.7. The quantitative estimate of drug-likeness (QED) is 0.367. The zero-order chi connectivity index (χ0) is 26.2. The van der Waals surface area contributed by atoms with Crippen molar-refractivity contribution in [1.29, 1.82) is 0 Å². The summed E-state index contributed by atoms with van der Waals surface area (Å²) in [5.41, 5.74) is 1.19. The van der Waals surface area contributed by atoms with Crippen LogP contribution >= 0.6 is 22.9 Å². The van der Waals surface area contributed by atoms with Gasteiger partial charge in [0.15, 0.2) is 0 Å². The Balaban J connectivity index is 1.54. The van der Waals surface area contributed by atoms with Crippen molar-refractivity contribution in [2.75, 3.05) is 45.9 Å². The molecule has 6 nitrogen and oxygen atoms in total. The first-order valence-corrected chi connectivity index (χ1v) is 13.5. The number of carbonyl (C=O) groups excluding carboxylic acids is 2. The molecular weight excluding hydrogens is 513 g/mol. The van der Waals surface area contributed by atoms with Gasteiger partial charge in [-0.25, -0.2) is 4.39 Å². The molecule has 1 aliphatic heterocycles. The first kappa shape index (κ1) is 27.3. The highest BCUT2D eigenvalue weighted by atomic mass is 35.5. The maximum absolute atomic E-state index is 13.7. The number of benzene rings is 2. The van der Waals surface area contributed by atoms with E-state index in [1.807, 2.05) is 19.1 Å². The van der Waals surface area contributed by atoms with E-state index in [9.17, 15) is 14.0 Å². The van der Waals surface area contributed by atoms with Crippen molar-refractivity contribution < 1.29 is 18.7 Å². The van der Waals surface area contributed by atoms with E-state index in [1.54, 1.807) is 57.5 Å². The molecule has 0 aliphatic carbocycles. The average Bonchev–Trinajstić information content (AvgIpc) is 3.32. The van der Waals surface area contributed by atoms with Gasteiger partial charge in [-0.1, -0.05) is 35.9 Å². The molecule has 0 radical (unpaired) electrons. The molecule has 3 aromatic rings. The minimum absolute atomic E-state index is 0.0834. The standard InChI is InChI=1S/C28H31ClFN3O3S/c1-21-6-11-24(37-21)19-33(18-22-7-9-23(30)10-8-22)27(34)20-32(13-12-31-14-16-36-17-15-31)28(35)25-4-2-3-5-26(25)29/h2-11H,12-20H2,1H3. The minimum Gasteiger partial charge on any atom is -0.379 e. The fourth-order valence-corrected chi connectivity index (χ4v) is 5.33. The molecule has 0 N–H and O–H groups in total. The van der Waals surface area contributed by atoms with Crippen LogP contribution in [0.1, 0.15) is 25.7 Å². The summed E-state index contributed by atoms with van der Waals surface area (Å²) in [5, 5.41) is 0.355. The van der Waals surface area contributed by atoms with Gasteiger partial charge in [-0.2, -0.15) is 0 Å². The van der Waals surface area contributed by atoms with Gasteiger partial charge in [-0.05, 0) is 48.9 Å². The van der Waals surface area contributed by atoms with Crippen molar-refractivity contribution in [1.82, 2.24) is 14.7 Å². The number of rotatable bonds is 10. The van der Waals surface area contributed by atoms with Gasteiger partial charge < -0.3 is 14.5 Å². The van der Waals surface area contributed by atoms with Crippen molar-refractivity contribution in [2.24, 2.45) is 0 Å². The molecule has 196 valence electrons. The normalized spacial score (nSPS) is 13.9. The Bertz CT molecular complexity index is 1200. The van der Waals surface area contributed by atoms with Gasteiger partial charge in [-0.15, -0.1) is 11.3 Å². The van der Waals surface area contributed by atoms with Crippen LogP contribution < -0.4 is 0 Å². The number of carbonyl (C=O) groups is 2. The number of ether oxygens (including phenoxy) is 1. The molecule has 2 heterocycles. The van der Waals surface area contributed by atoms with E-state index in [1.165, 1.54) is 12.1 Å². The van der Waals surface area contributed by atoms with Crippen LogP contribution in [0.2, 0.25) is 5.02 Å². The molecule has 1 fully saturated rings. The van der Waals surface area contributed by atoms with Gasteiger partial charge in [0.1, 0.15) is 12.4 Å². The highest BCUT2D eigenvalue weighted by molar-refractivity contribution is 7.11. The average molecular weight is 544 g/mol. The smallest absolute Gasteiger partial charge is 0.255 e. The van der Waals surface area contributed by atoms with E-state index >= 15 is 0 Å². The first-order valence-electron chi connectivity index (χ1n) is 12.3. The van der Waals surface area contributed by atoms with Crippen molar-refractivity contribution in [3.63, 3.8) is 0 Å². The highest BCUT2D eigenvalue weighted by Crippen LogP contribution is 2.21. The number of hydrogen-bond donors (Lipinski definition) is 0. The number of nitrogens with zero attached hydrogens (tertiary/aromatic N) is 3. The molecule has 37 heavy (non-hydrogen) atoms. The third-order valence-corrected chi connectivity index (χ3v) is 7.60. The lowest BCUT2D eigenvalue weighted by molar-refractivity contribution is -0.133. The molecule has 0 saturated carbocycles. The molecule has 0 bridgehead atoms. The summed E-state index contributed by atoms with van der Waals surface area (Å²) >= 11 is 7.97. The fraction of sp³-hybridized carbons (Fsp3) is 0.357. The Morgan fingerprint density at radius 1 is 1.00 bits per heavy atom. The minimum atomic E-state index is -0.324. The Morgan fingerprint density at radius 3 is 2.41 bits per heavy atom. The van der Waals surface area contributed by atoms with Crippen LogP contribution in [0.5, 0.6) is 0 Å². The second kappa shape index (κ2) is 13.1. The summed E-state index contributed by atoms with van der Waals surface area (Å²) < 4.78 is 18.9. The molecule has 1 aliphatic rings. The number of amides is 2. The van der Waals surface area contributed by atoms with Crippen molar-refractivity contribution in [3.05, 3.63) is 92.4 Å². The Morgan fingerprint density at radius 2 is 1.73 bits per heavy atom. The predicted molar refractivity (Wildman–Crippen MR) is 144 cm³/mol. The molecule has 0 unspecified atom stereocenters. The summed E-state index contributed by atoms with van der Waals surface area (Å²) in [6.45, 7) is 6.57. The van der Waals surface area contributed by atoms with Gasteiger partial charge in [0, 0.05) is 42.5 Å². The van der Waals surface area contributed by atoms with Gasteiger partial charge in [0.25, 0.3) is 5.91 Å². The van der Waals surface area contributed by atoms with Crippen LogP contribution in [-0.2, 0) is 22.6 Å². The number of thiophene rings is 1. The van der Waals surface area contributed by atoms with Gasteiger partial charge in [-0.3, -0.25) is 14.5 Å². The van der Waals surface area contributed by atoms with E-state index in [4.69, 9.17) is 16.3 Å². The molecule has 2 amide bonds. The van der Waals surface area contributed by atoms with Gasteiger partial charge in [0.2, 0.25) is 5.91 Å². The zero-order valence-corrected chi connectivity index (χ0v) is 22.4. The number of aryl methyl sites for hydroxylation is 1. The van der Waals surface area contributed by atoms with Crippen LogP contribution in [0.25, 0.3) is 0 Å². The summed E-state index contributed by atoms with van der Waals surface area (Å²) in [4.78, 5) is 35.0. The molecule has 1 saturated heterocycles. The van der Waals surface area contributed by atoms with E-state index in [2.05, 4.69) is 4.90 Å². The van der Waals surface area contributed by atoms with Crippen LogP contribution in [0, 0.1) is 12.7 Å². The van der Waals surface area contributed by atoms with E-state index in [-0.39, 0.29) is 24.2 Å². The third kappa shape index (κ3) is 7.85. The van der Waals surface area contributed by atoms with Crippen LogP contribution in [-0.4, -0.2) is 72.5 Å². The largest absolute Gasteiger partial charge is 0.379 e. The van der Waals surface area contributed by atoms with E-state index in [0.717, 1.165) is 28.4 Å². The summed E-state index contributed by atoms with van der Waals surface area (Å²) in [6, 6.07) is 17.1. The summed E-state index contributed by atoms with van der Waals surface area (Å²) in [5.74, 6) is -0.784. The molecule has 2 aromatic carbocycles. The number of halogens is 2. The monoisotopic (exact) mass is 543 g/mol. The Hall–Kier alpha value is -2.78. The molecule has 0 atom stereocenters. The van der Waals surface area contributed by atoms with Crippen LogP contribution in [0.3, 0.4) is 0 Å². The van der Waals surface area contributed by atoms with Gasteiger partial charge in [0.05, 0.1) is 30.3 Å². The lowest BCUT2D eigenvalue weighted by Gasteiger charge is -2.31. The highest BCUT2D eigenvalue weighted by Gasteiger charge is 2.25. The fourth-order valence-electron chi connectivity index (χ4n) is 4.21. The Labute approximate surface area is 226 Å².